The number of halogens is 1. The SMILES string of the molecule is COc1ncc(-c2nc(N3CCOCC3)nc3c(CN4CCN(Cc5ccc(C(=O)O)cc5)CC4)cc(F)cc23)cc1NS(C)(=O)=O. The van der Waals surface area contributed by atoms with Gasteiger partial charge in [-0.1, -0.05) is 12.1 Å². The minimum atomic E-state index is -3.65. The van der Waals surface area contributed by atoms with Gasteiger partial charge in [0.15, 0.2) is 0 Å². The Kier molecular flexibility index (Phi) is 9.50. The van der Waals surface area contributed by atoms with Crippen LogP contribution in [0, 0.1) is 5.82 Å². The highest BCUT2D eigenvalue weighted by Gasteiger charge is 2.24. The molecule has 2 aromatic heterocycles. The summed E-state index contributed by atoms with van der Waals surface area (Å²) in [6.07, 6.45) is 2.56. The normalized spacial score (nSPS) is 16.4. The van der Waals surface area contributed by atoms with Gasteiger partial charge in [-0.05, 0) is 41.5 Å². The van der Waals surface area contributed by atoms with E-state index in [1.165, 1.54) is 25.4 Å². The number of nitrogens with zero attached hydrogens (tertiary/aromatic N) is 6. The molecule has 0 spiro atoms. The van der Waals surface area contributed by atoms with Crippen molar-refractivity contribution in [1.29, 1.82) is 0 Å². The van der Waals surface area contributed by atoms with Crippen molar-refractivity contribution in [3.05, 3.63) is 71.2 Å². The van der Waals surface area contributed by atoms with Gasteiger partial charge >= 0.3 is 5.97 Å². The minimum Gasteiger partial charge on any atom is -0.480 e. The lowest BCUT2D eigenvalue weighted by Crippen LogP contribution is -2.45. The molecule has 248 valence electrons. The van der Waals surface area contributed by atoms with E-state index in [2.05, 4.69) is 19.5 Å². The zero-order chi connectivity index (χ0) is 33.1. The Morgan fingerprint density at radius 3 is 2.32 bits per heavy atom. The number of ether oxygens (including phenoxy) is 2. The third kappa shape index (κ3) is 7.76. The van der Waals surface area contributed by atoms with Gasteiger partial charge in [-0.3, -0.25) is 14.5 Å². The smallest absolute Gasteiger partial charge is 0.335 e. The van der Waals surface area contributed by atoms with Crippen molar-refractivity contribution in [2.24, 2.45) is 0 Å². The number of nitrogens with one attached hydrogen (secondary N) is 1. The topological polar surface area (TPSA) is 150 Å². The second-order valence-corrected chi connectivity index (χ2v) is 13.4. The van der Waals surface area contributed by atoms with E-state index in [-0.39, 0.29) is 17.1 Å². The fraction of sp³-hybridized carbons (Fsp3) is 0.375. The number of carboxylic acid groups (broad SMARTS) is 1. The summed E-state index contributed by atoms with van der Waals surface area (Å²) in [5, 5.41) is 9.65. The molecule has 0 bridgehead atoms. The van der Waals surface area contributed by atoms with Gasteiger partial charge in [0.25, 0.3) is 0 Å². The van der Waals surface area contributed by atoms with E-state index < -0.39 is 21.8 Å². The van der Waals surface area contributed by atoms with Crippen molar-refractivity contribution >= 4 is 38.5 Å². The van der Waals surface area contributed by atoms with Crippen LogP contribution in [-0.4, -0.2) is 110 Å². The first-order chi connectivity index (χ1) is 22.6. The molecule has 2 aliphatic heterocycles. The molecule has 6 rings (SSSR count). The van der Waals surface area contributed by atoms with Crippen molar-refractivity contribution in [2.75, 3.05) is 75.5 Å². The van der Waals surface area contributed by atoms with Crippen LogP contribution in [-0.2, 0) is 27.8 Å². The van der Waals surface area contributed by atoms with Gasteiger partial charge in [0.05, 0.1) is 43.4 Å². The fourth-order valence-corrected chi connectivity index (χ4v) is 6.42. The Hall–Kier alpha value is -4.44. The molecule has 0 amide bonds. The molecular formula is C32H36FN7O6S. The molecule has 4 heterocycles. The Morgan fingerprint density at radius 2 is 1.68 bits per heavy atom. The van der Waals surface area contributed by atoms with E-state index in [4.69, 9.17) is 24.5 Å². The van der Waals surface area contributed by atoms with Crippen LogP contribution in [0.5, 0.6) is 5.88 Å². The van der Waals surface area contributed by atoms with Gasteiger partial charge in [0.1, 0.15) is 11.5 Å². The van der Waals surface area contributed by atoms with Gasteiger partial charge in [0, 0.05) is 69.5 Å². The number of fused-ring (bicyclic) bond motifs is 1. The number of aromatic nitrogens is 3. The highest BCUT2D eigenvalue weighted by Crippen LogP contribution is 2.35. The lowest BCUT2D eigenvalue weighted by molar-refractivity contribution is 0.0696. The molecule has 0 unspecified atom stereocenters. The van der Waals surface area contributed by atoms with Gasteiger partial charge in [-0.15, -0.1) is 0 Å². The number of carboxylic acids is 1. The maximum absolute atomic E-state index is 15.3. The van der Waals surface area contributed by atoms with E-state index in [0.717, 1.165) is 38.0 Å². The summed E-state index contributed by atoms with van der Waals surface area (Å²) < 4.78 is 52.8. The first-order valence-electron chi connectivity index (χ1n) is 15.2. The zero-order valence-electron chi connectivity index (χ0n) is 26.1. The summed E-state index contributed by atoms with van der Waals surface area (Å²) in [5.41, 5.74) is 3.66. The molecule has 0 aliphatic carbocycles. The third-order valence-electron chi connectivity index (χ3n) is 8.21. The molecule has 15 heteroatoms. The molecule has 2 N–H and O–H groups in total. The molecule has 2 aromatic carbocycles. The number of benzene rings is 2. The highest BCUT2D eigenvalue weighted by atomic mass is 32.2. The standard InChI is InChI=1S/C32H36FN7O6S/c1-45-30-27(37-47(2,43)44)16-23(18-34-30)28-26-17-25(33)15-24(29(26)36-32(35-28)40-11-13-46-14-12-40)20-39-9-7-38(8-10-39)19-21-3-5-22(6-4-21)31(41)42/h3-6,15-18,37H,7-14,19-20H2,1-2H3,(H,41,42). The molecule has 2 fully saturated rings. The predicted octanol–water partition coefficient (Wildman–Crippen LogP) is 3.06. The maximum Gasteiger partial charge on any atom is 0.335 e. The molecule has 0 radical (unpaired) electrons. The van der Waals surface area contributed by atoms with E-state index in [1.54, 1.807) is 18.2 Å². The zero-order valence-corrected chi connectivity index (χ0v) is 27.0. The lowest BCUT2D eigenvalue weighted by atomic mass is 10.0. The van der Waals surface area contributed by atoms with Gasteiger partial charge in [-0.25, -0.2) is 32.6 Å². The van der Waals surface area contributed by atoms with Gasteiger partial charge in [0.2, 0.25) is 21.9 Å². The van der Waals surface area contributed by atoms with Crippen molar-refractivity contribution in [1.82, 2.24) is 24.8 Å². The number of carbonyl (C=O) groups is 1. The summed E-state index contributed by atoms with van der Waals surface area (Å²) >= 11 is 0. The van der Waals surface area contributed by atoms with Crippen LogP contribution in [0.25, 0.3) is 22.2 Å². The highest BCUT2D eigenvalue weighted by molar-refractivity contribution is 7.92. The Balaban J connectivity index is 1.31. The molecule has 2 aliphatic rings. The van der Waals surface area contributed by atoms with E-state index in [1.807, 2.05) is 17.0 Å². The summed E-state index contributed by atoms with van der Waals surface area (Å²) in [6.45, 7) is 6.49. The number of pyridine rings is 1. The van der Waals surface area contributed by atoms with Crippen molar-refractivity contribution in [3.63, 3.8) is 0 Å². The maximum atomic E-state index is 15.3. The monoisotopic (exact) mass is 665 g/mol. The second kappa shape index (κ2) is 13.7. The molecular weight excluding hydrogens is 629 g/mol. The average Bonchev–Trinajstić information content (AvgIpc) is 3.05. The summed E-state index contributed by atoms with van der Waals surface area (Å²) in [7, 11) is -2.25. The Bertz CT molecular complexity index is 1880. The van der Waals surface area contributed by atoms with Crippen LogP contribution >= 0.6 is 0 Å². The molecule has 47 heavy (non-hydrogen) atoms. The summed E-state index contributed by atoms with van der Waals surface area (Å²) in [6, 6.07) is 11.4. The molecule has 13 nitrogen and oxygen atoms in total. The first-order valence-corrected chi connectivity index (χ1v) is 17.1. The van der Waals surface area contributed by atoms with Crippen molar-refractivity contribution in [2.45, 2.75) is 13.1 Å². The van der Waals surface area contributed by atoms with Crippen LogP contribution in [0.15, 0.2) is 48.7 Å². The van der Waals surface area contributed by atoms with Crippen LogP contribution in [0.2, 0.25) is 0 Å². The molecule has 4 aromatic rings. The van der Waals surface area contributed by atoms with Crippen molar-refractivity contribution < 1.29 is 32.2 Å². The third-order valence-corrected chi connectivity index (χ3v) is 8.80. The minimum absolute atomic E-state index is 0.0919. The number of aromatic carboxylic acids is 1. The average molecular weight is 666 g/mol. The predicted molar refractivity (Wildman–Crippen MR) is 175 cm³/mol. The number of anilines is 2. The largest absolute Gasteiger partial charge is 0.480 e. The quantitative estimate of drug-likeness (QED) is 0.256. The second-order valence-electron chi connectivity index (χ2n) is 11.6. The molecule has 0 atom stereocenters. The number of hydrogen-bond donors (Lipinski definition) is 2. The fourth-order valence-electron chi connectivity index (χ4n) is 5.87. The van der Waals surface area contributed by atoms with Crippen LogP contribution in [0.3, 0.4) is 0 Å². The van der Waals surface area contributed by atoms with Crippen LogP contribution in [0.1, 0.15) is 21.5 Å². The van der Waals surface area contributed by atoms with Gasteiger partial charge < -0.3 is 19.5 Å². The van der Waals surface area contributed by atoms with Crippen LogP contribution in [0.4, 0.5) is 16.0 Å². The lowest BCUT2D eigenvalue weighted by Gasteiger charge is -2.35. The van der Waals surface area contributed by atoms with E-state index in [0.29, 0.717) is 73.1 Å². The number of hydrogen-bond acceptors (Lipinski definition) is 11. The van der Waals surface area contributed by atoms with Gasteiger partial charge in [-0.2, -0.15) is 0 Å². The van der Waals surface area contributed by atoms with E-state index in [9.17, 15) is 13.2 Å². The first kappa shape index (κ1) is 32.5. The molecule has 2 saturated heterocycles. The number of rotatable bonds is 10. The van der Waals surface area contributed by atoms with Crippen LogP contribution < -0.4 is 14.4 Å². The number of piperazine rings is 1. The number of sulfonamides is 1. The Labute approximate surface area is 272 Å². The number of morpholine rings is 1. The molecule has 0 saturated carbocycles. The Morgan fingerprint density at radius 1 is 1.00 bits per heavy atom. The number of methoxy groups -OCH3 is 1. The summed E-state index contributed by atoms with van der Waals surface area (Å²) in [4.78, 5) is 31.9. The van der Waals surface area contributed by atoms with Crippen molar-refractivity contribution in [3.8, 4) is 17.1 Å². The van der Waals surface area contributed by atoms with E-state index >= 15 is 4.39 Å². The summed E-state index contributed by atoms with van der Waals surface area (Å²) in [5.74, 6) is -0.820.